The number of benzene rings is 1. The number of hydrogen-bond acceptors (Lipinski definition) is 7. The van der Waals surface area contributed by atoms with Gasteiger partial charge in [0, 0.05) is 10.3 Å². The number of nitrogens with zero attached hydrogens (tertiary/aromatic N) is 1. The fourth-order valence-corrected chi connectivity index (χ4v) is 4.76. The first kappa shape index (κ1) is 21.0. The molecule has 2 aliphatic rings. The molecule has 30 heavy (non-hydrogen) atoms. The predicted molar refractivity (Wildman–Crippen MR) is 116 cm³/mol. The number of fused-ring (bicyclic) bond motifs is 1. The topological polar surface area (TPSA) is 95.7 Å². The maximum absolute atomic E-state index is 14.5. The molecule has 9 heteroatoms. The second kappa shape index (κ2) is 8.13. The van der Waals surface area contributed by atoms with Gasteiger partial charge in [-0.2, -0.15) is 0 Å². The van der Waals surface area contributed by atoms with Gasteiger partial charge >= 0.3 is 0 Å². The molecule has 4 N–H and O–H groups in total. The van der Waals surface area contributed by atoms with Crippen LogP contribution in [0.15, 0.2) is 23.0 Å². The summed E-state index contributed by atoms with van der Waals surface area (Å²) < 4.78 is 24.9. The van der Waals surface area contributed by atoms with Gasteiger partial charge in [0.05, 0.1) is 30.6 Å². The van der Waals surface area contributed by atoms with Crippen LogP contribution in [0.2, 0.25) is 0 Å². The van der Waals surface area contributed by atoms with Gasteiger partial charge in [-0.3, -0.25) is 9.36 Å². The Kier molecular flexibility index (Phi) is 5.69. The normalized spacial score (nSPS) is 17.2. The Balaban J connectivity index is 1.69. The second-order valence-electron chi connectivity index (χ2n) is 8.02. The average Bonchev–Trinajstić information content (AvgIpc) is 3.29. The Labute approximate surface area is 178 Å². The number of aliphatic hydroxyl groups is 2. The number of hydrogen-bond donors (Lipinski definition) is 4. The smallest absolute Gasteiger partial charge is 0.258 e. The molecule has 0 bridgehead atoms. The molecular weight excluding hydrogens is 409 g/mol. The molecule has 4 rings (SSSR count). The van der Waals surface area contributed by atoms with Crippen LogP contribution < -0.4 is 20.3 Å². The van der Waals surface area contributed by atoms with Crippen molar-refractivity contribution in [1.82, 2.24) is 4.57 Å². The third kappa shape index (κ3) is 4.01. The molecule has 0 spiro atoms. The van der Waals surface area contributed by atoms with Crippen molar-refractivity contribution in [2.75, 3.05) is 23.3 Å². The first-order chi connectivity index (χ1) is 14.3. The maximum atomic E-state index is 14.5. The van der Waals surface area contributed by atoms with E-state index in [1.54, 1.807) is 23.6 Å². The van der Waals surface area contributed by atoms with E-state index in [9.17, 15) is 19.4 Å². The summed E-state index contributed by atoms with van der Waals surface area (Å²) in [6, 6.07) is 4.88. The van der Waals surface area contributed by atoms with E-state index in [1.807, 2.05) is 6.92 Å². The number of nitrogens with one attached hydrogen (secondary N) is 2. The van der Waals surface area contributed by atoms with Crippen molar-refractivity contribution in [1.29, 1.82) is 0 Å². The number of rotatable bonds is 8. The van der Waals surface area contributed by atoms with Crippen LogP contribution in [-0.4, -0.2) is 38.8 Å². The van der Waals surface area contributed by atoms with Crippen LogP contribution in [0.4, 0.5) is 21.5 Å². The zero-order valence-corrected chi connectivity index (χ0v) is 17.8. The molecule has 1 saturated carbocycles. The van der Waals surface area contributed by atoms with Crippen LogP contribution in [0.3, 0.4) is 0 Å². The van der Waals surface area contributed by atoms with Gasteiger partial charge in [-0.05, 0) is 62.8 Å². The zero-order chi connectivity index (χ0) is 21.5. The molecule has 1 aromatic carbocycles. The van der Waals surface area contributed by atoms with E-state index in [0.29, 0.717) is 42.4 Å². The largest absolute Gasteiger partial charge is 0.475 e. The van der Waals surface area contributed by atoms with Crippen molar-refractivity contribution in [2.24, 2.45) is 0 Å². The van der Waals surface area contributed by atoms with E-state index in [2.05, 4.69) is 10.0 Å². The fraction of sp³-hybridized carbons (Fsp3) is 0.476. The molecule has 2 heterocycles. The van der Waals surface area contributed by atoms with Crippen molar-refractivity contribution in [3.8, 4) is 5.88 Å². The molecule has 0 radical (unpaired) electrons. The fourth-order valence-electron chi connectivity index (χ4n) is 3.67. The standard InChI is InChI=1S/C21H26FN3O4S/c1-12-3-4-16(15(22)9-12)23-17-13(2)19(28)25-7-8-29-20(25)18(17)24-30-21(5-6-21)10-14(27)11-26/h3-4,9,14,23-24,26-27H,5-8,10-11H2,1-2H3. The highest BCUT2D eigenvalue weighted by atomic mass is 32.2. The van der Waals surface area contributed by atoms with Crippen molar-refractivity contribution < 1.29 is 19.3 Å². The van der Waals surface area contributed by atoms with Crippen LogP contribution in [0, 0.1) is 19.7 Å². The van der Waals surface area contributed by atoms with Gasteiger partial charge in [0.2, 0.25) is 5.88 Å². The van der Waals surface area contributed by atoms with E-state index in [-0.39, 0.29) is 22.6 Å². The molecule has 1 fully saturated rings. The first-order valence-electron chi connectivity index (χ1n) is 10.00. The van der Waals surface area contributed by atoms with Crippen LogP contribution in [0.1, 0.15) is 30.4 Å². The molecule has 0 saturated heterocycles. The Morgan fingerprint density at radius 2 is 2.10 bits per heavy atom. The Morgan fingerprint density at radius 3 is 2.77 bits per heavy atom. The molecule has 1 aliphatic heterocycles. The summed E-state index contributed by atoms with van der Waals surface area (Å²) in [6.07, 6.45) is 1.51. The number of halogens is 1. The lowest BCUT2D eigenvalue weighted by Crippen LogP contribution is -2.23. The summed E-state index contributed by atoms with van der Waals surface area (Å²) in [5, 5.41) is 22.1. The summed E-state index contributed by atoms with van der Waals surface area (Å²) in [7, 11) is 0. The van der Waals surface area contributed by atoms with Gasteiger partial charge in [-0.15, -0.1) is 0 Å². The predicted octanol–water partition coefficient (Wildman–Crippen LogP) is 3.08. The Hall–Kier alpha value is -2.23. The lowest BCUT2D eigenvalue weighted by Gasteiger charge is -2.22. The van der Waals surface area contributed by atoms with Gasteiger partial charge < -0.3 is 25.0 Å². The van der Waals surface area contributed by atoms with E-state index in [4.69, 9.17) is 4.74 Å². The molecule has 1 atom stereocenters. The van der Waals surface area contributed by atoms with Crippen molar-refractivity contribution >= 4 is 29.0 Å². The van der Waals surface area contributed by atoms with E-state index < -0.39 is 11.9 Å². The van der Waals surface area contributed by atoms with Crippen molar-refractivity contribution in [2.45, 2.75) is 50.5 Å². The van der Waals surface area contributed by atoms with Gasteiger partial charge in [0.15, 0.2) is 0 Å². The number of pyridine rings is 1. The van der Waals surface area contributed by atoms with Crippen LogP contribution in [0.25, 0.3) is 0 Å². The quantitative estimate of drug-likeness (QED) is 0.473. The van der Waals surface area contributed by atoms with Gasteiger partial charge in [-0.25, -0.2) is 4.39 Å². The minimum Gasteiger partial charge on any atom is -0.475 e. The monoisotopic (exact) mass is 435 g/mol. The first-order valence-corrected chi connectivity index (χ1v) is 10.8. The summed E-state index contributed by atoms with van der Waals surface area (Å²) >= 11 is 1.45. The van der Waals surface area contributed by atoms with Gasteiger partial charge in [-0.1, -0.05) is 6.07 Å². The summed E-state index contributed by atoms with van der Waals surface area (Å²) in [5.41, 5.74) is 2.42. The summed E-state index contributed by atoms with van der Waals surface area (Å²) in [5.74, 6) is 0.0193. The maximum Gasteiger partial charge on any atom is 0.258 e. The van der Waals surface area contributed by atoms with Crippen molar-refractivity contribution in [3.05, 3.63) is 45.5 Å². The number of ether oxygens (including phenoxy) is 1. The second-order valence-corrected chi connectivity index (χ2v) is 9.30. The highest BCUT2D eigenvalue weighted by Gasteiger charge is 2.45. The summed E-state index contributed by atoms with van der Waals surface area (Å²) in [4.78, 5) is 12.8. The third-order valence-electron chi connectivity index (χ3n) is 5.58. The minimum absolute atomic E-state index is 0.176. The Morgan fingerprint density at radius 1 is 1.33 bits per heavy atom. The molecule has 162 valence electrons. The van der Waals surface area contributed by atoms with Gasteiger partial charge in [0.1, 0.15) is 18.1 Å². The van der Waals surface area contributed by atoms with Crippen LogP contribution >= 0.6 is 11.9 Å². The molecule has 1 aromatic heterocycles. The highest BCUT2D eigenvalue weighted by Crippen LogP contribution is 2.53. The Bertz CT molecular complexity index is 1020. The van der Waals surface area contributed by atoms with Crippen LogP contribution in [-0.2, 0) is 6.54 Å². The lowest BCUT2D eigenvalue weighted by atomic mass is 10.1. The average molecular weight is 436 g/mol. The highest BCUT2D eigenvalue weighted by molar-refractivity contribution is 8.02. The SMILES string of the molecule is Cc1ccc(Nc2c(NSC3(CC(O)CO)CC3)c3n(c(=O)c2C)CCO3)c(F)c1. The number of aliphatic hydroxyl groups excluding tert-OH is 2. The number of aromatic nitrogens is 1. The molecule has 2 aromatic rings. The van der Waals surface area contributed by atoms with Crippen LogP contribution in [0.5, 0.6) is 5.88 Å². The number of aryl methyl sites for hydroxylation is 1. The van der Waals surface area contributed by atoms with Crippen molar-refractivity contribution in [3.63, 3.8) is 0 Å². The molecule has 1 aliphatic carbocycles. The van der Waals surface area contributed by atoms with E-state index >= 15 is 0 Å². The van der Waals surface area contributed by atoms with Gasteiger partial charge in [0.25, 0.3) is 5.56 Å². The molecule has 0 amide bonds. The number of anilines is 3. The lowest BCUT2D eigenvalue weighted by molar-refractivity contribution is 0.0865. The van der Waals surface area contributed by atoms with E-state index in [1.165, 1.54) is 18.0 Å². The third-order valence-corrected chi connectivity index (χ3v) is 6.90. The zero-order valence-electron chi connectivity index (χ0n) is 17.0. The molecule has 7 nitrogen and oxygen atoms in total. The molecular formula is C21H26FN3O4S. The van der Waals surface area contributed by atoms with E-state index in [0.717, 1.165) is 18.4 Å². The minimum atomic E-state index is -0.775. The summed E-state index contributed by atoms with van der Waals surface area (Å²) in [6.45, 7) is 4.10. The molecule has 1 unspecified atom stereocenters.